The minimum absolute atomic E-state index is 0.579. The summed E-state index contributed by atoms with van der Waals surface area (Å²) in [5.74, 6) is 1.78. The second-order valence-corrected chi connectivity index (χ2v) is 3.76. The molecule has 0 bridgehead atoms. The molecular formula is C10H19N. The van der Waals surface area contributed by atoms with E-state index in [0.29, 0.717) is 6.04 Å². The summed E-state index contributed by atoms with van der Waals surface area (Å²) in [6, 6.07) is 0.579. The van der Waals surface area contributed by atoms with Crippen LogP contribution >= 0.6 is 0 Å². The predicted molar refractivity (Wildman–Crippen MR) is 49.5 cm³/mol. The third-order valence-corrected chi connectivity index (χ3v) is 2.55. The van der Waals surface area contributed by atoms with Crippen LogP contribution in [0.1, 0.15) is 27.2 Å². The van der Waals surface area contributed by atoms with Crippen LogP contribution in [0, 0.1) is 11.8 Å². The van der Waals surface area contributed by atoms with Crippen molar-refractivity contribution in [2.75, 3.05) is 6.54 Å². The fourth-order valence-electron chi connectivity index (χ4n) is 1.73. The van der Waals surface area contributed by atoms with Crippen molar-refractivity contribution in [2.45, 2.75) is 33.2 Å². The van der Waals surface area contributed by atoms with E-state index in [9.17, 15) is 0 Å². The molecule has 0 aromatic heterocycles. The molecule has 0 amide bonds. The number of hydrogen-bond acceptors (Lipinski definition) is 1. The molecule has 1 aliphatic carbocycles. The predicted octanol–water partition coefficient (Wildman–Crippen LogP) is 2.20. The van der Waals surface area contributed by atoms with E-state index in [1.165, 1.54) is 12.0 Å². The molecule has 1 saturated carbocycles. The van der Waals surface area contributed by atoms with Crippen LogP contribution in [-0.2, 0) is 0 Å². The first kappa shape index (κ1) is 8.79. The maximum absolute atomic E-state index is 4.01. The zero-order valence-electron chi connectivity index (χ0n) is 7.85. The minimum Gasteiger partial charge on any atom is -0.310 e. The lowest BCUT2D eigenvalue weighted by atomic mass is 10.0. The fraction of sp³-hybridized carbons (Fsp3) is 0.800. The Hall–Kier alpha value is -0.300. The molecule has 0 aliphatic heterocycles. The van der Waals surface area contributed by atoms with Crippen molar-refractivity contribution >= 4 is 0 Å². The Morgan fingerprint density at radius 3 is 2.55 bits per heavy atom. The third kappa shape index (κ3) is 2.06. The molecule has 0 aromatic carbocycles. The van der Waals surface area contributed by atoms with E-state index in [1.807, 2.05) is 0 Å². The summed E-state index contributed by atoms with van der Waals surface area (Å²) >= 11 is 0. The molecule has 3 unspecified atom stereocenters. The largest absolute Gasteiger partial charge is 0.310 e. The molecule has 1 fully saturated rings. The van der Waals surface area contributed by atoms with E-state index < -0.39 is 0 Å². The van der Waals surface area contributed by atoms with Gasteiger partial charge in [0.05, 0.1) is 0 Å². The quantitative estimate of drug-likeness (QED) is 0.610. The Labute approximate surface area is 69.9 Å². The van der Waals surface area contributed by atoms with E-state index in [4.69, 9.17) is 0 Å². The second kappa shape index (κ2) is 3.40. The first-order chi connectivity index (χ1) is 5.16. The van der Waals surface area contributed by atoms with Gasteiger partial charge in [0.2, 0.25) is 0 Å². The molecule has 0 spiro atoms. The van der Waals surface area contributed by atoms with E-state index in [1.54, 1.807) is 0 Å². The summed E-state index contributed by atoms with van der Waals surface area (Å²) in [5, 5.41) is 3.47. The Kier molecular flexibility index (Phi) is 2.72. The first-order valence-corrected chi connectivity index (χ1v) is 4.55. The van der Waals surface area contributed by atoms with Gasteiger partial charge in [-0.3, -0.25) is 0 Å². The summed E-state index contributed by atoms with van der Waals surface area (Å²) in [6.45, 7) is 11.7. The molecule has 1 aliphatic rings. The number of likely N-dealkylation sites (N-methyl/N-ethyl adjacent to an activating group) is 1. The highest BCUT2D eigenvalue weighted by molar-refractivity contribution is 5.10. The highest BCUT2D eigenvalue weighted by Gasteiger charge is 2.39. The topological polar surface area (TPSA) is 12.0 Å². The lowest BCUT2D eigenvalue weighted by Gasteiger charge is -2.17. The van der Waals surface area contributed by atoms with Crippen molar-refractivity contribution < 1.29 is 0 Å². The van der Waals surface area contributed by atoms with Gasteiger partial charge in [0.1, 0.15) is 0 Å². The van der Waals surface area contributed by atoms with Crippen molar-refractivity contribution in [2.24, 2.45) is 11.8 Å². The molecule has 1 N–H and O–H groups in total. The molecule has 0 aromatic rings. The lowest BCUT2D eigenvalue weighted by molar-refractivity contribution is 0.513. The van der Waals surface area contributed by atoms with Gasteiger partial charge in [0.25, 0.3) is 0 Å². The first-order valence-electron chi connectivity index (χ1n) is 4.55. The number of rotatable bonds is 4. The summed E-state index contributed by atoms with van der Waals surface area (Å²) < 4.78 is 0. The minimum atomic E-state index is 0.579. The molecule has 0 heterocycles. The normalized spacial score (nSPS) is 31.5. The van der Waals surface area contributed by atoms with Crippen molar-refractivity contribution in [3.8, 4) is 0 Å². The van der Waals surface area contributed by atoms with Crippen LogP contribution in [0.15, 0.2) is 12.2 Å². The van der Waals surface area contributed by atoms with E-state index >= 15 is 0 Å². The lowest BCUT2D eigenvalue weighted by Crippen LogP contribution is -2.32. The monoisotopic (exact) mass is 153 g/mol. The summed E-state index contributed by atoms with van der Waals surface area (Å²) in [5.41, 5.74) is 1.29. The van der Waals surface area contributed by atoms with Crippen molar-refractivity contribution in [1.82, 2.24) is 5.32 Å². The maximum Gasteiger partial charge on any atom is 0.0305 e. The standard InChI is InChI=1S/C10H19N/c1-5-11-10(7(2)3)9-6-8(9)4/h8-11H,2,5-6H2,1,3-4H3. The average Bonchev–Trinajstić information content (AvgIpc) is 2.61. The van der Waals surface area contributed by atoms with Crippen LogP contribution in [0.2, 0.25) is 0 Å². The summed E-state index contributed by atoms with van der Waals surface area (Å²) in [4.78, 5) is 0. The summed E-state index contributed by atoms with van der Waals surface area (Å²) in [6.07, 6.45) is 1.38. The Bertz CT molecular complexity index is 151. The van der Waals surface area contributed by atoms with Crippen LogP contribution in [0.3, 0.4) is 0 Å². The molecule has 1 heteroatoms. The fourth-order valence-corrected chi connectivity index (χ4v) is 1.73. The molecule has 3 atom stereocenters. The molecule has 1 nitrogen and oxygen atoms in total. The van der Waals surface area contributed by atoms with E-state index in [-0.39, 0.29) is 0 Å². The Morgan fingerprint density at radius 1 is 1.73 bits per heavy atom. The van der Waals surface area contributed by atoms with E-state index in [2.05, 4.69) is 32.7 Å². The van der Waals surface area contributed by atoms with Crippen LogP contribution in [0.25, 0.3) is 0 Å². The molecule has 0 radical (unpaired) electrons. The van der Waals surface area contributed by atoms with Gasteiger partial charge >= 0.3 is 0 Å². The zero-order valence-corrected chi connectivity index (χ0v) is 7.85. The number of hydrogen-bond donors (Lipinski definition) is 1. The van der Waals surface area contributed by atoms with Crippen LogP contribution in [-0.4, -0.2) is 12.6 Å². The van der Waals surface area contributed by atoms with Crippen molar-refractivity contribution in [1.29, 1.82) is 0 Å². The van der Waals surface area contributed by atoms with Gasteiger partial charge in [-0.05, 0) is 31.7 Å². The van der Waals surface area contributed by atoms with Gasteiger partial charge in [-0.25, -0.2) is 0 Å². The van der Waals surface area contributed by atoms with Crippen molar-refractivity contribution in [3.05, 3.63) is 12.2 Å². The van der Waals surface area contributed by atoms with Gasteiger partial charge in [-0.1, -0.05) is 26.0 Å². The molecule has 1 rings (SSSR count). The molecule has 11 heavy (non-hydrogen) atoms. The van der Waals surface area contributed by atoms with Crippen LogP contribution < -0.4 is 5.32 Å². The molecule has 0 saturated heterocycles. The Balaban J connectivity index is 2.40. The van der Waals surface area contributed by atoms with Gasteiger partial charge in [-0.2, -0.15) is 0 Å². The van der Waals surface area contributed by atoms with Gasteiger partial charge in [-0.15, -0.1) is 0 Å². The maximum atomic E-state index is 4.01. The zero-order chi connectivity index (χ0) is 8.43. The number of nitrogens with one attached hydrogen (secondary N) is 1. The second-order valence-electron chi connectivity index (χ2n) is 3.76. The van der Waals surface area contributed by atoms with E-state index in [0.717, 1.165) is 18.4 Å². The van der Waals surface area contributed by atoms with Crippen LogP contribution in [0.4, 0.5) is 0 Å². The average molecular weight is 153 g/mol. The summed E-state index contributed by atoms with van der Waals surface area (Å²) in [7, 11) is 0. The van der Waals surface area contributed by atoms with Gasteiger partial charge in [0, 0.05) is 6.04 Å². The Morgan fingerprint density at radius 2 is 2.27 bits per heavy atom. The smallest absolute Gasteiger partial charge is 0.0305 e. The SMILES string of the molecule is C=C(C)C(NCC)C1CC1C. The third-order valence-electron chi connectivity index (χ3n) is 2.55. The highest BCUT2D eigenvalue weighted by Crippen LogP contribution is 2.42. The van der Waals surface area contributed by atoms with Crippen molar-refractivity contribution in [3.63, 3.8) is 0 Å². The molecular weight excluding hydrogens is 134 g/mol. The molecule has 64 valence electrons. The van der Waals surface area contributed by atoms with Crippen LogP contribution in [0.5, 0.6) is 0 Å². The van der Waals surface area contributed by atoms with Gasteiger partial charge in [0.15, 0.2) is 0 Å². The van der Waals surface area contributed by atoms with Gasteiger partial charge < -0.3 is 5.32 Å². The highest BCUT2D eigenvalue weighted by atomic mass is 14.9.